The highest BCUT2D eigenvalue weighted by Gasteiger charge is 2.18. The Morgan fingerprint density at radius 1 is 1.20 bits per heavy atom. The van der Waals surface area contributed by atoms with Gasteiger partial charge < -0.3 is 10.2 Å². The number of piperazine rings is 1. The van der Waals surface area contributed by atoms with E-state index in [4.69, 9.17) is 0 Å². The molecule has 1 fully saturated rings. The van der Waals surface area contributed by atoms with Crippen LogP contribution in [0, 0.1) is 0 Å². The first-order valence-electron chi connectivity index (χ1n) is 6.96. The largest absolute Gasteiger partial charge is 0.311 e. The lowest BCUT2D eigenvalue weighted by Gasteiger charge is -2.30. The summed E-state index contributed by atoms with van der Waals surface area (Å²) < 4.78 is 0. The van der Waals surface area contributed by atoms with Gasteiger partial charge in [-0.3, -0.25) is 4.98 Å². The second-order valence-corrected chi connectivity index (χ2v) is 5.19. The van der Waals surface area contributed by atoms with Crippen LogP contribution in [0.25, 0.3) is 11.4 Å². The van der Waals surface area contributed by atoms with Gasteiger partial charge in [0.05, 0.1) is 11.4 Å². The topological polar surface area (TPSA) is 53.9 Å². The number of aromatic nitrogens is 3. The number of likely N-dealkylation sites (N-methyl/N-ethyl adjacent to an activating group) is 1. The molecule has 2 aromatic heterocycles. The third kappa shape index (κ3) is 3.18. The van der Waals surface area contributed by atoms with E-state index >= 15 is 0 Å². The molecule has 1 aliphatic rings. The van der Waals surface area contributed by atoms with Gasteiger partial charge in [0, 0.05) is 44.5 Å². The molecule has 0 spiro atoms. The van der Waals surface area contributed by atoms with E-state index in [1.165, 1.54) is 0 Å². The molecule has 0 radical (unpaired) electrons. The molecular formula is C15H19N5. The fraction of sp³-hybridized carbons (Fsp3) is 0.400. The first-order chi connectivity index (χ1) is 9.81. The minimum absolute atomic E-state index is 0.424. The molecule has 1 atom stereocenters. The summed E-state index contributed by atoms with van der Waals surface area (Å²) in [6.45, 7) is 3.17. The Bertz CT molecular complexity index is 557. The fourth-order valence-corrected chi connectivity index (χ4v) is 2.50. The Morgan fingerprint density at radius 2 is 2.15 bits per heavy atom. The summed E-state index contributed by atoms with van der Waals surface area (Å²) in [7, 11) is 2.15. The standard InChI is InChI=1S/C15H19N5/c1-20-9-8-16-12(11-20)10-15-18-7-5-14(19-15)13-4-2-3-6-17-13/h2-7,12,16H,8-11H2,1H3. The van der Waals surface area contributed by atoms with E-state index in [0.29, 0.717) is 6.04 Å². The Labute approximate surface area is 119 Å². The van der Waals surface area contributed by atoms with E-state index in [1.54, 1.807) is 6.20 Å². The number of hydrogen-bond acceptors (Lipinski definition) is 5. The van der Waals surface area contributed by atoms with Crippen molar-refractivity contribution in [2.45, 2.75) is 12.5 Å². The first-order valence-corrected chi connectivity index (χ1v) is 6.96. The van der Waals surface area contributed by atoms with E-state index in [2.05, 4.69) is 32.2 Å². The molecule has 5 heteroatoms. The van der Waals surface area contributed by atoms with Crippen LogP contribution in [0.3, 0.4) is 0 Å². The summed E-state index contributed by atoms with van der Waals surface area (Å²) in [6, 6.07) is 8.19. The van der Waals surface area contributed by atoms with Crippen LogP contribution in [-0.2, 0) is 6.42 Å². The summed E-state index contributed by atoms with van der Waals surface area (Å²) in [5.41, 5.74) is 1.78. The lowest BCUT2D eigenvalue weighted by molar-refractivity contribution is 0.236. The molecule has 20 heavy (non-hydrogen) atoms. The summed E-state index contributed by atoms with van der Waals surface area (Å²) in [4.78, 5) is 15.7. The van der Waals surface area contributed by atoms with Crippen LogP contribution in [0.15, 0.2) is 36.7 Å². The minimum atomic E-state index is 0.424. The van der Waals surface area contributed by atoms with Gasteiger partial charge in [0.15, 0.2) is 0 Å². The first kappa shape index (κ1) is 13.1. The molecule has 1 N–H and O–H groups in total. The maximum Gasteiger partial charge on any atom is 0.130 e. The van der Waals surface area contributed by atoms with Gasteiger partial charge >= 0.3 is 0 Å². The highest BCUT2D eigenvalue weighted by Crippen LogP contribution is 2.13. The summed E-state index contributed by atoms with van der Waals surface area (Å²) in [6.07, 6.45) is 4.46. The van der Waals surface area contributed by atoms with Gasteiger partial charge in [-0.25, -0.2) is 9.97 Å². The molecule has 1 aliphatic heterocycles. The SMILES string of the molecule is CN1CCNC(Cc2nccc(-c3ccccn3)n2)C1. The number of hydrogen-bond donors (Lipinski definition) is 1. The number of nitrogens with one attached hydrogen (secondary N) is 1. The van der Waals surface area contributed by atoms with Crippen molar-refractivity contribution in [3.63, 3.8) is 0 Å². The van der Waals surface area contributed by atoms with Crippen molar-refractivity contribution in [1.29, 1.82) is 0 Å². The lowest BCUT2D eigenvalue weighted by atomic mass is 10.1. The zero-order valence-electron chi connectivity index (χ0n) is 11.7. The van der Waals surface area contributed by atoms with Crippen molar-refractivity contribution >= 4 is 0 Å². The van der Waals surface area contributed by atoms with Crippen LogP contribution in [-0.4, -0.2) is 52.6 Å². The molecule has 2 aromatic rings. The second-order valence-electron chi connectivity index (χ2n) is 5.19. The molecule has 0 aliphatic carbocycles. The zero-order valence-corrected chi connectivity index (χ0v) is 11.7. The highest BCUT2D eigenvalue weighted by molar-refractivity contribution is 5.52. The maximum absolute atomic E-state index is 4.63. The smallest absolute Gasteiger partial charge is 0.130 e. The lowest BCUT2D eigenvalue weighted by Crippen LogP contribution is -2.50. The molecule has 104 valence electrons. The summed E-state index contributed by atoms with van der Waals surface area (Å²) in [5, 5.41) is 3.52. The minimum Gasteiger partial charge on any atom is -0.311 e. The Balaban J connectivity index is 1.74. The molecule has 3 heterocycles. The number of nitrogens with zero attached hydrogens (tertiary/aromatic N) is 4. The summed E-state index contributed by atoms with van der Waals surface area (Å²) >= 11 is 0. The van der Waals surface area contributed by atoms with Crippen molar-refractivity contribution in [3.05, 3.63) is 42.5 Å². The molecule has 1 saturated heterocycles. The molecule has 1 unspecified atom stereocenters. The molecular weight excluding hydrogens is 250 g/mol. The quantitative estimate of drug-likeness (QED) is 0.900. The molecule has 0 aromatic carbocycles. The van der Waals surface area contributed by atoms with Crippen LogP contribution >= 0.6 is 0 Å². The molecule has 5 nitrogen and oxygen atoms in total. The van der Waals surface area contributed by atoms with E-state index in [1.807, 2.05) is 30.5 Å². The van der Waals surface area contributed by atoms with E-state index in [9.17, 15) is 0 Å². The van der Waals surface area contributed by atoms with Gasteiger partial charge in [0.25, 0.3) is 0 Å². The average molecular weight is 269 g/mol. The molecule has 0 bridgehead atoms. The molecule has 3 rings (SSSR count). The van der Waals surface area contributed by atoms with E-state index < -0.39 is 0 Å². The average Bonchev–Trinajstić information content (AvgIpc) is 2.48. The third-order valence-corrected chi connectivity index (χ3v) is 3.52. The molecule has 0 amide bonds. The number of pyridine rings is 1. The van der Waals surface area contributed by atoms with Crippen LogP contribution in [0.2, 0.25) is 0 Å². The predicted molar refractivity (Wildman–Crippen MR) is 78.3 cm³/mol. The van der Waals surface area contributed by atoms with Gasteiger partial charge in [0.1, 0.15) is 5.82 Å². The zero-order chi connectivity index (χ0) is 13.8. The fourth-order valence-electron chi connectivity index (χ4n) is 2.50. The molecule has 0 saturated carbocycles. The monoisotopic (exact) mass is 269 g/mol. The van der Waals surface area contributed by atoms with Gasteiger partial charge in [-0.2, -0.15) is 0 Å². The second kappa shape index (κ2) is 6.07. The Kier molecular flexibility index (Phi) is 3.99. The normalized spacial score (nSPS) is 19.9. The Hall–Kier alpha value is -1.85. The summed E-state index contributed by atoms with van der Waals surface area (Å²) in [5.74, 6) is 0.876. The maximum atomic E-state index is 4.63. The van der Waals surface area contributed by atoms with Crippen LogP contribution in [0.5, 0.6) is 0 Å². The van der Waals surface area contributed by atoms with Gasteiger partial charge in [-0.15, -0.1) is 0 Å². The van der Waals surface area contributed by atoms with Crippen molar-refractivity contribution in [2.75, 3.05) is 26.7 Å². The predicted octanol–water partition coefficient (Wildman–Crippen LogP) is 0.985. The van der Waals surface area contributed by atoms with Gasteiger partial charge in [0.2, 0.25) is 0 Å². The third-order valence-electron chi connectivity index (χ3n) is 3.52. The van der Waals surface area contributed by atoms with Crippen molar-refractivity contribution in [1.82, 2.24) is 25.2 Å². The van der Waals surface area contributed by atoms with Gasteiger partial charge in [-0.05, 0) is 25.2 Å². The van der Waals surface area contributed by atoms with Crippen molar-refractivity contribution < 1.29 is 0 Å². The van der Waals surface area contributed by atoms with E-state index in [-0.39, 0.29) is 0 Å². The van der Waals surface area contributed by atoms with Gasteiger partial charge in [-0.1, -0.05) is 6.07 Å². The van der Waals surface area contributed by atoms with Crippen LogP contribution in [0.1, 0.15) is 5.82 Å². The van der Waals surface area contributed by atoms with Crippen molar-refractivity contribution in [2.24, 2.45) is 0 Å². The number of rotatable bonds is 3. The van der Waals surface area contributed by atoms with Crippen LogP contribution in [0.4, 0.5) is 0 Å². The Morgan fingerprint density at radius 3 is 2.95 bits per heavy atom. The highest BCUT2D eigenvalue weighted by atomic mass is 15.2. The van der Waals surface area contributed by atoms with E-state index in [0.717, 1.165) is 43.3 Å². The van der Waals surface area contributed by atoms with Crippen molar-refractivity contribution in [3.8, 4) is 11.4 Å². The van der Waals surface area contributed by atoms with Crippen LogP contribution < -0.4 is 5.32 Å².